The van der Waals surface area contributed by atoms with Crippen molar-refractivity contribution < 1.29 is 4.42 Å². The van der Waals surface area contributed by atoms with Gasteiger partial charge in [-0.25, -0.2) is 0 Å². The lowest BCUT2D eigenvalue weighted by Gasteiger charge is -2.35. The number of hydrogen-bond acceptors (Lipinski definition) is 3. The van der Waals surface area contributed by atoms with E-state index < -0.39 is 5.41 Å². The first kappa shape index (κ1) is 42.7. The van der Waals surface area contributed by atoms with Crippen LogP contribution in [0.2, 0.25) is 0 Å². The van der Waals surface area contributed by atoms with E-state index in [4.69, 9.17) is 4.42 Å². The minimum absolute atomic E-state index is 0.193. The SMILES string of the molecule is CC1(C)c2ccccc2-c2ccc(N(c3cccc(N(c4cccc(C5(c6ccccc6)c6ccccc6-c6ccccc65)c4)c4ccccc4-c4ccccc4)c3)c3cccc4c3oc3ccccc34)cc21. The summed E-state index contributed by atoms with van der Waals surface area (Å²) >= 11 is 0. The van der Waals surface area contributed by atoms with Crippen molar-refractivity contribution in [2.75, 3.05) is 9.80 Å². The molecule has 0 saturated heterocycles. The van der Waals surface area contributed by atoms with Gasteiger partial charge < -0.3 is 14.2 Å². The molecule has 14 rings (SSSR count). The van der Waals surface area contributed by atoms with E-state index in [0.717, 1.165) is 67.2 Å². The monoisotopic (exact) mass is 934 g/mol. The van der Waals surface area contributed by atoms with Gasteiger partial charge in [0.1, 0.15) is 5.58 Å². The smallest absolute Gasteiger partial charge is 0.159 e. The van der Waals surface area contributed by atoms with E-state index in [0.29, 0.717) is 0 Å². The van der Waals surface area contributed by atoms with Crippen LogP contribution in [0, 0.1) is 0 Å². The summed E-state index contributed by atoms with van der Waals surface area (Å²) in [6.45, 7) is 4.71. The van der Waals surface area contributed by atoms with E-state index in [1.165, 1.54) is 55.6 Å². The van der Waals surface area contributed by atoms with Crippen LogP contribution >= 0.6 is 0 Å². The Morgan fingerprint density at radius 3 is 1.52 bits per heavy atom. The predicted molar refractivity (Wildman–Crippen MR) is 303 cm³/mol. The Bertz CT molecular complexity index is 4050. The summed E-state index contributed by atoms with van der Waals surface area (Å²) in [7, 11) is 0. The van der Waals surface area contributed by atoms with Gasteiger partial charge in [0.2, 0.25) is 0 Å². The van der Waals surface area contributed by atoms with Crippen molar-refractivity contribution in [3.63, 3.8) is 0 Å². The van der Waals surface area contributed by atoms with Gasteiger partial charge in [0.25, 0.3) is 0 Å². The summed E-state index contributed by atoms with van der Waals surface area (Å²) < 4.78 is 6.88. The lowest BCUT2D eigenvalue weighted by atomic mass is 9.67. The quantitative estimate of drug-likeness (QED) is 0.144. The summed E-state index contributed by atoms with van der Waals surface area (Å²) in [5.41, 5.74) is 22.2. The fourth-order valence-electron chi connectivity index (χ4n) is 12.5. The average molecular weight is 935 g/mol. The lowest BCUT2D eigenvalue weighted by molar-refractivity contribution is 0.660. The van der Waals surface area contributed by atoms with Gasteiger partial charge in [-0.05, 0) is 122 Å². The zero-order chi connectivity index (χ0) is 48.7. The van der Waals surface area contributed by atoms with Gasteiger partial charge in [-0.2, -0.15) is 0 Å². The number of furan rings is 1. The van der Waals surface area contributed by atoms with Crippen LogP contribution in [0.5, 0.6) is 0 Å². The van der Waals surface area contributed by atoms with Gasteiger partial charge >= 0.3 is 0 Å². The summed E-state index contributed by atoms with van der Waals surface area (Å²) in [6.07, 6.45) is 0. The maximum atomic E-state index is 6.88. The molecule has 0 unspecified atom stereocenters. The molecule has 0 bridgehead atoms. The Morgan fingerprint density at radius 1 is 0.315 bits per heavy atom. The van der Waals surface area contributed by atoms with Crippen LogP contribution in [0.15, 0.2) is 271 Å². The van der Waals surface area contributed by atoms with Gasteiger partial charge in [-0.1, -0.05) is 220 Å². The second-order valence-electron chi connectivity index (χ2n) is 20.0. The van der Waals surface area contributed by atoms with Gasteiger partial charge in [-0.3, -0.25) is 0 Å². The molecule has 1 aromatic heterocycles. The number of nitrogens with zero attached hydrogens (tertiary/aromatic N) is 2. The third-order valence-electron chi connectivity index (χ3n) is 15.7. The highest BCUT2D eigenvalue weighted by Gasteiger charge is 2.46. The first-order valence-corrected chi connectivity index (χ1v) is 25.3. The second-order valence-corrected chi connectivity index (χ2v) is 20.0. The molecule has 2 aliphatic carbocycles. The van der Waals surface area contributed by atoms with Crippen LogP contribution in [-0.2, 0) is 10.8 Å². The topological polar surface area (TPSA) is 19.6 Å². The van der Waals surface area contributed by atoms with E-state index in [9.17, 15) is 0 Å². The van der Waals surface area contributed by atoms with Crippen molar-refractivity contribution >= 4 is 56.1 Å². The van der Waals surface area contributed by atoms with E-state index in [1.54, 1.807) is 0 Å². The molecule has 3 nitrogen and oxygen atoms in total. The normalized spacial score (nSPS) is 13.6. The molecule has 12 aromatic rings. The molecule has 0 N–H and O–H groups in total. The van der Waals surface area contributed by atoms with Crippen LogP contribution in [0.25, 0.3) is 55.3 Å². The predicted octanol–water partition coefficient (Wildman–Crippen LogP) is 18.9. The molecule has 73 heavy (non-hydrogen) atoms. The fourth-order valence-corrected chi connectivity index (χ4v) is 12.5. The van der Waals surface area contributed by atoms with Crippen LogP contribution in [-0.4, -0.2) is 0 Å². The Morgan fingerprint density at radius 2 is 0.795 bits per heavy atom. The minimum atomic E-state index is -0.569. The molecule has 0 atom stereocenters. The number of para-hydroxylation sites is 3. The number of benzene rings is 11. The van der Waals surface area contributed by atoms with E-state index in [2.05, 4.69) is 291 Å². The first-order chi connectivity index (χ1) is 36.0. The maximum absolute atomic E-state index is 6.88. The Kier molecular flexibility index (Phi) is 9.78. The second kappa shape index (κ2) is 16.7. The van der Waals surface area contributed by atoms with Gasteiger partial charge in [0, 0.05) is 44.5 Å². The molecule has 0 fully saturated rings. The van der Waals surface area contributed by atoms with E-state index in [-0.39, 0.29) is 5.41 Å². The van der Waals surface area contributed by atoms with Gasteiger partial charge in [0.15, 0.2) is 5.58 Å². The highest BCUT2D eigenvalue weighted by atomic mass is 16.3. The number of anilines is 6. The highest BCUT2D eigenvalue weighted by Crippen LogP contribution is 2.57. The van der Waals surface area contributed by atoms with Crippen LogP contribution in [0.1, 0.15) is 47.2 Å². The molecular formula is C70H50N2O. The third kappa shape index (κ3) is 6.52. The highest BCUT2D eigenvalue weighted by molar-refractivity contribution is 6.10. The Hall–Kier alpha value is -9.18. The van der Waals surface area contributed by atoms with Crippen molar-refractivity contribution in [3.8, 4) is 33.4 Å². The zero-order valence-electron chi connectivity index (χ0n) is 40.7. The maximum Gasteiger partial charge on any atom is 0.159 e. The molecule has 0 spiro atoms. The fraction of sp³-hybridized carbons (Fsp3) is 0.0571. The Balaban J connectivity index is 1.01. The van der Waals surface area contributed by atoms with Crippen molar-refractivity contribution in [1.29, 1.82) is 0 Å². The van der Waals surface area contributed by atoms with E-state index >= 15 is 0 Å². The molecular weight excluding hydrogens is 885 g/mol. The van der Waals surface area contributed by atoms with E-state index in [1.807, 2.05) is 0 Å². The largest absolute Gasteiger partial charge is 0.454 e. The van der Waals surface area contributed by atoms with Crippen LogP contribution in [0.4, 0.5) is 34.1 Å². The number of fused-ring (bicyclic) bond motifs is 9. The summed E-state index contributed by atoms with van der Waals surface area (Å²) in [4.78, 5) is 4.87. The van der Waals surface area contributed by atoms with Crippen molar-refractivity contribution in [2.45, 2.75) is 24.7 Å². The molecule has 0 amide bonds. The van der Waals surface area contributed by atoms with Gasteiger partial charge in [-0.15, -0.1) is 0 Å². The molecule has 0 radical (unpaired) electrons. The van der Waals surface area contributed by atoms with Crippen molar-refractivity contribution in [2.24, 2.45) is 0 Å². The molecule has 3 heteroatoms. The molecule has 11 aromatic carbocycles. The Labute approximate surface area is 426 Å². The summed E-state index contributed by atoms with van der Waals surface area (Å²) in [5.74, 6) is 0. The van der Waals surface area contributed by atoms with Crippen molar-refractivity contribution in [1.82, 2.24) is 0 Å². The number of rotatable bonds is 9. The van der Waals surface area contributed by atoms with Crippen molar-refractivity contribution in [3.05, 3.63) is 300 Å². The minimum Gasteiger partial charge on any atom is -0.454 e. The number of hydrogen-bond donors (Lipinski definition) is 0. The average Bonchev–Trinajstić information content (AvgIpc) is 4.06. The molecule has 2 aliphatic rings. The van der Waals surface area contributed by atoms with Crippen LogP contribution < -0.4 is 9.80 Å². The standard InChI is InChI=1S/C70H50N2O/c1-69(2)61-36-14-9-31-55(61)58-43-42-53(46-64(58)69)72(66-40-21-35-60-59-34-13-18-41-67(59)73-68(60)66)52-29-20-28-51(45-52)71(65-39-17-12-30-54(65)47-22-5-3-6-23-47)50-27-19-26-49(44-50)70(48-24-7-4-8-25-48)62-37-15-10-32-56(62)57-33-11-16-38-63(57)70/h3-46H,1-2H3. The first-order valence-electron chi connectivity index (χ1n) is 25.3. The molecule has 1 heterocycles. The summed E-state index contributed by atoms with van der Waals surface area (Å²) in [5, 5.41) is 2.18. The molecule has 346 valence electrons. The zero-order valence-corrected chi connectivity index (χ0v) is 40.7. The van der Waals surface area contributed by atoms with Gasteiger partial charge in [0.05, 0.1) is 16.8 Å². The molecule has 0 aliphatic heterocycles. The summed E-state index contributed by atoms with van der Waals surface area (Å²) in [6, 6.07) is 97.8. The van der Waals surface area contributed by atoms with Crippen LogP contribution in [0.3, 0.4) is 0 Å². The molecule has 0 saturated carbocycles. The third-order valence-corrected chi connectivity index (χ3v) is 15.7. The lowest BCUT2D eigenvalue weighted by Crippen LogP contribution is -2.28.